The van der Waals surface area contributed by atoms with Gasteiger partial charge in [-0.15, -0.1) is 0 Å². The topological polar surface area (TPSA) is 46.3 Å². The molecule has 1 amide bonds. The first-order chi connectivity index (χ1) is 10.7. The van der Waals surface area contributed by atoms with Crippen molar-refractivity contribution in [1.29, 1.82) is 0 Å². The molecule has 0 radical (unpaired) electrons. The Morgan fingerprint density at radius 2 is 1.77 bits per heavy atom. The Balaban J connectivity index is 1.73. The van der Waals surface area contributed by atoms with Gasteiger partial charge in [-0.1, -0.05) is 48.5 Å². The quantitative estimate of drug-likeness (QED) is 0.942. The maximum atomic E-state index is 12.7. The Labute approximate surface area is 131 Å². The van der Waals surface area contributed by atoms with Gasteiger partial charge in [0.15, 0.2) is 0 Å². The van der Waals surface area contributed by atoms with Crippen LogP contribution in [0.3, 0.4) is 0 Å². The van der Waals surface area contributed by atoms with Crippen LogP contribution in [0.5, 0.6) is 0 Å². The van der Waals surface area contributed by atoms with Gasteiger partial charge in [0.05, 0.1) is 0 Å². The lowest BCUT2D eigenvalue weighted by atomic mass is 9.99. The van der Waals surface area contributed by atoms with Crippen LogP contribution in [-0.4, -0.2) is 29.9 Å². The van der Waals surface area contributed by atoms with E-state index >= 15 is 0 Å². The van der Waals surface area contributed by atoms with Gasteiger partial charge in [0.2, 0.25) is 0 Å². The summed E-state index contributed by atoms with van der Waals surface area (Å²) in [6, 6.07) is 18.5. The van der Waals surface area contributed by atoms with E-state index in [1.807, 2.05) is 29.2 Å². The largest absolute Gasteiger partial charge is 0.337 e. The molecule has 0 aromatic heterocycles. The van der Waals surface area contributed by atoms with E-state index in [0.717, 1.165) is 36.9 Å². The molecule has 3 heteroatoms. The third-order valence-electron chi connectivity index (χ3n) is 4.29. The lowest BCUT2D eigenvalue weighted by molar-refractivity contribution is 0.0790. The summed E-state index contributed by atoms with van der Waals surface area (Å²) in [6.07, 6.45) is 2.73. The van der Waals surface area contributed by atoms with Gasteiger partial charge in [0, 0.05) is 24.7 Å². The Morgan fingerprint density at radius 3 is 2.50 bits per heavy atom. The minimum absolute atomic E-state index is 0.122. The van der Waals surface area contributed by atoms with Crippen molar-refractivity contribution >= 4 is 5.91 Å². The normalized spacial score (nSPS) is 17.7. The Morgan fingerprint density at radius 1 is 1.05 bits per heavy atom. The number of aryl methyl sites for hydroxylation is 2. The van der Waals surface area contributed by atoms with E-state index in [2.05, 4.69) is 30.3 Å². The third-order valence-corrected chi connectivity index (χ3v) is 4.29. The highest BCUT2D eigenvalue weighted by molar-refractivity contribution is 5.95. The second-order valence-electron chi connectivity index (χ2n) is 5.94. The van der Waals surface area contributed by atoms with Crippen LogP contribution < -0.4 is 5.73 Å². The maximum Gasteiger partial charge on any atom is 0.254 e. The minimum Gasteiger partial charge on any atom is -0.337 e. The molecule has 22 heavy (non-hydrogen) atoms. The molecule has 0 saturated carbocycles. The molecule has 0 unspecified atom stereocenters. The van der Waals surface area contributed by atoms with Crippen molar-refractivity contribution in [1.82, 2.24) is 4.90 Å². The number of hydrogen-bond donors (Lipinski definition) is 1. The minimum atomic E-state index is 0.122. The van der Waals surface area contributed by atoms with E-state index < -0.39 is 0 Å². The predicted octanol–water partition coefficient (Wildman–Crippen LogP) is 2.65. The predicted molar refractivity (Wildman–Crippen MR) is 88.8 cm³/mol. The second kappa shape index (κ2) is 6.75. The standard InChI is InChI=1S/C19H22N2O/c20-17-12-13-21(14-17)19(22)18-9-5-4-8-16(18)11-10-15-6-2-1-3-7-15/h1-9,17H,10-14,20H2/t17-/m1/s1. The summed E-state index contributed by atoms with van der Waals surface area (Å²) >= 11 is 0. The number of benzene rings is 2. The number of carbonyl (C=O) groups is 1. The SMILES string of the molecule is N[C@@H]1CCN(C(=O)c2ccccc2CCc2ccccc2)C1. The summed E-state index contributed by atoms with van der Waals surface area (Å²) in [5.41, 5.74) is 9.17. The van der Waals surface area contributed by atoms with Crippen molar-refractivity contribution in [3.8, 4) is 0 Å². The smallest absolute Gasteiger partial charge is 0.254 e. The lowest BCUT2D eigenvalue weighted by Crippen LogP contribution is -2.32. The van der Waals surface area contributed by atoms with Gasteiger partial charge in [0.1, 0.15) is 0 Å². The van der Waals surface area contributed by atoms with E-state index in [4.69, 9.17) is 5.73 Å². The highest BCUT2D eigenvalue weighted by Gasteiger charge is 2.25. The number of carbonyl (C=O) groups excluding carboxylic acids is 1. The van der Waals surface area contributed by atoms with E-state index in [-0.39, 0.29) is 11.9 Å². The monoisotopic (exact) mass is 294 g/mol. The summed E-state index contributed by atoms with van der Waals surface area (Å²) in [6.45, 7) is 1.44. The van der Waals surface area contributed by atoms with E-state index in [1.54, 1.807) is 0 Å². The third kappa shape index (κ3) is 3.37. The number of nitrogens with zero attached hydrogens (tertiary/aromatic N) is 1. The number of likely N-dealkylation sites (tertiary alicyclic amines) is 1. The molecule has 1 aliphatic heterocycles. The first-order valence-corrected chi connectivity index (χ1v) is 7.91. The zero-order valence-electron chi connectivity index (χ0n) is 12.7. The zero-order chi connectivity index (χ0) is 15.4. The molecular formula is C19H22N2O. The molecule has 3 nitrogen and oxygen atoms in total. The molecule has 2 aromatic rings. The average molecular weight is 294 g/mol. The van der Waals surface area contributed by atoms with Crippen LogP contribution in [0.2, 0.25) is 0 Å². The van der Waals surface area contributed by atoms with Gasteiger partial charge < -0.3 is 10.6 Å². The molecule has 1 fully saturated rings. The van der Waals surface area contributed by atoms with Crippen LogP contribution in [0.15, 0.2) is 54.6 Å². The fourth-order valence-corrected chi connectivity index (χ4v) is 3.01. The van der Waals surface area contributed by atoms with Crippen LogP contribution >= 0.6 is 0 Å². The van der Waals surface area contributed by atoms with Gasteiger partial charge in [0.25, 0.3) is 5.91 Å². The Bertz CT molecular complexity index is 639. The second-order valence-corrected chi connectivity index (χ2v) is 5.94. The molecule has 0 aliphatic carbocycles. The number of amides is 1. The van der Waals surface area contributed by atoms with Crippen LogP contribution in [0.25, 0.3) is 0 Å². The molecule has 114 valence electrons. The van der Waals surface area contributed by atoms with Crippen LogP contribution in [0.4, 0.5) is 0 Å². The van der Waals surface area contributed by atoms with Crippen LogP contribution in [-0.2, 0) is 12.8 Å². The summed E-state index contributed by atoms with van der Waals surface area (Å²) in [7, 11) is 0. The van der Waals surface area contributed by atoms with Gasteiger partial charge in [-0.3, -0.25) is 4.79 Å². The summed E-state index contributed by atoms with van der Waals surface area (Å²) < 4.78 is 0. The van der Waals surface area contributed by atoms with Crippen molar-refractivity contribution < 1.29 is 4.79 Å². The van der Waals surface area contributed by atoms with Crippen molar-refractivity contribution in [2.45, 2.75) is 25.3 Å². The number of hydrogen-bond acceptors (Lipinski definition) is 2. The van der Waals surface area contributed by atoms with Crippen molar-refractivity contribution in [2.75, 3.05) is 13.1 Å². The van der Waals surface area contributed by atoms with E-state index in [9.17, 15) is 4.79 Å². The van der Waals surface area contributed by atoms with E-state index in [0.29, 0.717) is 6.54 Å². The highest BCUT2D eigenvalue weighted by Crippen LogP contribution is 2.18. The fraction of sp³-hybridized carbons (Fsp3) is 0.316. The first-order valence-electron chi connectivity index (χ1n) is 7.91. The van der Waals surface area contributed by atoms with Gasteiger partial charge in [-0.05, 0) is 36.5 Å². The maximum absolute atomic E-state index is 12.7. The molecule has 3 rings (SSSR count). The molecular weight excluding hydrogens is 272 g/mol. The Hall–Kier alpha value is -2.13. The van der Waals surface area contributed by atoms with Crippen molar-refractivity contribution in [2.24, 2.45) is 5.73 Å². The average Bonchev–Trinajstić information content (AvgIpc) is 3.00. The van der Waals surface area contributed by atoms with Crippen LogP contribution in [0, 0.1) is 0 Å². The van der Waals surface area contributed by atoms with Gasteiger partial charge in [-0.2, -0.15) is 0 Å². The molecule has 2 aromatic carbocycles. The molecule has 0 bridgehead atoms. The molecule has 2 N–H and O–H groups in total. The first kappa shape index (κ1) is 14.8. The summed E-state index contributed by atoms with van der Waals surface area (Å²) in [5, 5.41) is 0. The zero-order valence-corrected chi connectivity index (χ0v) is 12.7. The number of nitrogens with two attached hydrogens (primary N) is 1. The molecule has 0 spiro atoms. The highest BCUT2D eigenvalue weighted by atomic mass is 16.2. The van der Waals surface area contributed by atoms with Crippen molar-refractivity contribution in [3.05, 3.63) is 71.3 Å². The Kier molecular flexibility index (Phi) is 4.54. The fourth-order valence-electron chi connectivity index (χ4n) is 3.01. The van der Waals surface area contributed by atoms with E-state index in [1.165, 1.54) is 5.56 Å². The molecule has 1 heterocycles. The molecule has 1 saturated heterocycles. The van der Waals surface area contributed by atoms with Gasteiger partial charge >= 0.3 is 0 Å². The molecule has 1 aliphatic rings. The van der Waals surface area contributed by atoms with Crippen LogP contribution in [0.1, 0.15) is 27.9 Å². The number of rotatable bonds is 4. The summed E-state index contributed by atoms with van der Waals surface area (Å²) in [5.74, 6) is 0.122. The lowest BCUT2D eigenvalue weighted by Gasteiger charge is -2.18. The van der Waals surface area contributed by atoms with Crippen molar-refractivity contribution in [3.63, 3.8) is 0 Å². The van der Waals surface area contributed by atoms with Gasteiger partial charge in [-0.25, -0.2) is 0 Å². The summed E-state index contributed by atoms with van der Waals surface area (Å²) in [4.78, 5) is 14.6. The molecule has 1 atom stereocenters.